The minimum absolute atomic E-state index is 0.0937. The number of hydrogen-bond acceptors (Lipinski definition) is 2. The van der Waals surface area contributed by atoms with Gasteiger partial charge < -0.3 is 5.32 Å². The van der Waals surface area contributed by atoms with E-state index in [1.165, 1.54) is 6.92 Å². The molecule has 0 radical (unpaired) electrons. The third kappa shape index (κ3) is 3.78. The molecule has 2 aromatic rings. The molecule has 3 nitrogen and oxygen atoms in total. The van der Waals surface area contributed by atoms with Gasteiger partial charge in [-0.05, 0) is 42.7 Å². The van der Waals surface area contributed by atoms with Crippen molar-refractivity contribution in [3.8, 4) is 0 Å². The molecule has 0 saturated carbocycles. The minimum Gasteiger partial charge on any atom is -0.326 e. The topological polar surface area (TPSA) is 46.2 Å². The first-order chi connectivity index (χ1) is 9.97. The molecule has 2 rings (SSSR count). The highest BCUT2D eigenvalue weighted by Gasteiger charge is 2.13. The Bertz CT molecular complexity index is 675. The van der Waals surface area contributed by atoms with Crippen molar-refractivity contribution in [2.45, 2.75) is 27.2 Å². The van der Waals surface area contributed by atoms with E-state index in [4.69, 9.17) is 0 Å². The highest BCUT2D eigenvalue weighted by atomic mass is 16.1. The SMILES string of the molecule is CC(=O)Nc1cc(C)c(C(=O)Cc2ccccc2)cc1C. The third-order valence-electron chi connectivity index (χ3n) is 3.39. The Balaban J connectivity index is 2.26. The van der Waals surface area contributed by atoms with Gasteiger partial charge in [-0.3, -0.25) is 9.59 Å². The highest BCUT2D eigenvalue weighted by molar-refractivity contribution is 6.00. The fourth-order valence-corrected chi connectivity index (χ4v) is 2.32. The normalized spacial score (nSPS) is 10.2. The first-order valence-electron chi connectivity index (χ1n) is 6.93. The van der Waals surface area contributed by atoms with E-state index in [1.54, 1.807) is 0 Å². The number of ketones is 1. The van der Waals surface area contributed by atoms with Gasteiger partial charge in [0, 0.05) is 24.6 Å². The van der Waals surface area contributed by atoms with E-state index in [2.05, 4.69) is 5.32 Å². The van der Waals surface area contributed by atoms with Crippen LogP contribution in [-0.2, 0) is 11.2 Å². The van der Waals surface area contributed by atoms with Gasteiger partial charge in [-0.2, -0.15) is 0 Å². The number of amides is 1. The summed E-state index contributed by atoms with van der Waals surface area (Å²) in [7, 11) is 0. The molecule has 0 saturated heterocycles. The summed E-state index contributed by atoms with van der Waals surface area (Å²) < 4.78 is 0. The second-order valence-corrected chi connectivity index (χ2v) is 5.25. The predicted octanol–water partition coefficient (Wildman–Crippen LogP) is 3.69. The van der Waals surface area contributed by atoms with E-state index in [-0.39, 0.29) is 11.7 Å². The summed E-state index contributed by atoms with van der Waals surface area (Å²) in [5.74, 6) is -0.0166. The lowest BCUT2D eigenvalue weighted by molar-refractivity contribution is -0.114. The smallest absolute Gasteiger partial charge is 0.221 e. The van der Waals surface area contributed by atoms with Crippen molar-refractivity contribution in [1.29, 1.82) is 0 Å². The van der Waals surface area contributed by atoms with Crippen LogP contribution in [0.5, 0.6) is 0 Å². The summed E-state index contributed by atoms with van der Waals surface area (Å²) in [6.07, 6.45) is 0.389. The maximum Gasteiger partial charge on any atom is 0.221 e. The minimum atomic E-state index is -0.110. The molecule has 0 aliphatic rings. The molecule has 0 aliphatic heterocycles. The fraction of sp³-hybridized carbons (Fsp3) is 0.222. The van der Waals surface area contributed by atoms with Crippen LogP contribution >= 0.6 is 0 Å². The Kier molecular flexibility index (Phi) is 4.53. The quantitative estimate of drug-likeness (QED) is 0.869. The molecule has 21 heavy (non-hydrogen) atoms. The Hall–Kier alpha value is -2.42. The molecule has 108 valence electrons. The van der Waals surface area contributed by atoms with Crippen molar-refractivity contribution >= 4 is 17.4 Å². The predicted molar refractivity (Wildman–Crippen MR) is 84.7 cm³/mol. The first kappa shape index (κ1) is 15.0. The molecule has 0 fully saturated rings. The zero-order valence-corrected chi connectivity index (χ0v) is 12.6. The van der Waals surface area contributed by atoms with E-state index in [0.29, 0.717) is 12.0 Å². The second kappa shape index (κ2) is 6.35. The average molecular weight is 281 g/mol. The number of benzene rings is 2. The van der Waals surface area contributed by atoms with Crippen molar-refractivity contribution in [3.05, 3.63) is 64.7 Å². The molecule has 0 spiro atoms. The van der Waals surface area contributed by atoms with Crippen molar-refractivity contribution in [1.82, 2.24) is 0 Å². The maximum absolute atomic E-state index is 12.4. The van der Waals surface area contributed by atoms with Crippen LogP contribution in [0.15, 0.2) is 42.5 Å². The van der Waals surface area contributed by atoms with Crippen LogP contribution in [-0.4, -0.2) is 11.7 Å². The molecule has 2 aromatic carbocycles. The average Bonchev–Trinajstić information content (AvgIpc) is 2.43. The molecule has 0 aliphatic carbocycles. The summed E-state index contributed by atoms with van der Waals surface area (Å²) in [4.78, 5) is 23.6. The number of hydrogen-bond donors (Lipinski definition) is 1. The van der Waals surface area contributed by atoms with Gasteiger partial charge >= 0.3 is 0 Å². The van der Waals surface area contributed by atoms with Crippen LogP contribution in [0.1, 0.15) is 34.0 Å². The van der Waals surface area contributed by atoms with Gasteiger partial charge in [-0.1, -0.05) is 30.3 Å². The second-order valence-electron chi connectivity index (χ2n) is 5.25. The van der Waals surface area contributed by atoms with Crippen molar-refractivity contribution < 1.29 is 9.59 Å². The lowest BCUT2D eigenvalue weighted by atomic mass is 9.96. The van der Waals surface area contributed by atoms with Crippen molar-refractivity contribution in [3.63, 3.8) is 0 Å². The number of carbonyl (C=O) groups is 2. The Morgan fingerprint density at radius 1 is 1.00 bits per heavy atom. The van der Waals surface area contributed by atoms with Gasteiger partial charge in [0.1, 0.15) is 0 Å². The molecule has 0 heterocycles. The summed E-state index contributed by atoms with van der Waals surface area (Å²) in [5, 5.41) is 2.78. The molecule has 0 aromatic heterocycles. The van der Waals surface area contributed by atoms with Crippen molar-refractivity contribution in [2.24, 2.45) is 0 Å². The monoisotopic (exact) mass is 281 g/mol. The number of nitrogens with one attached hydrogen (secondary N) is 1. The van der Waals surface area contributed by atoms with Gasteiger partial charge in [0.05, 0.1) is 0 Å². The summed E-state index contributed by atoms with van der Waals surface area (Å²) in [6.45, 7) is 5.26. The molecule has 3 heteroatoms. The summed E-state index contributed by atoms with van der Waals surface area (Å²) >= 11 is 0. The summed E-state index contributed by atoms with van der Waals surface area (Å²) in [6, 6.07) is 13.4. The molecular weight excluding hydrogens is 262 g/mol. The molecule has 0 atom stereocenters. The summed E-state index contributed by atoms with van der Waals surface area (Å²) in [5.41, 5.74) is 4.25. The molecule has 1 N–H and O–H groups in total. The maximum atomic E-state index is 12.4. The van der Waals surface area contributed by atoms with Crippen LogP contribution in [0, 0.1) is 13.8 Å². The van der Waals surface area contributed by atoms with Crippen LogP contribution in [0.3, 0.4) is 0 Å². The van der Waals surface area contributed by atoms with Crippen LogP contribution < -0.4 is 5.32 Å². The van der Waals surface area contributed by atoms with E-state index < -0.39 is 0 Å². The van der Waals surface area contributed by atoms with Gasteiger partial charge in [0.15, 0.2) is 5.78 Å². The van der Waals surface area contributed by atoms with Gasteiger partial charge in [-0.25, -0.2) is 0 Å². The lowest BCUT2D eigenvalue weighted by Crippen LogP contribution is -2.10. The lowest BCUT2D eigenvalue weighted by Gasteiger charge is -2.12. The number of carbonyl (C=O) groups excluding carboxylic acids is 2. The molecule has 0 bridgehead atoms. The number of Topliss-reactive ketones (excluding diaryl/α,β-unsaturated/α-hetero) is 1. The molecular formula is C18H19NO2. The van der Waals surface area contributed by atoms with E-state index in [0.717, 1.165) is 22.4 Å². The Labute approximate surface area is 125 Å². The fourth-order valence-electron chi connectivity index (χ4n) is 2.32. The number of aryl methyl sites for hydroxylation is 2. The third-order valence-corrected chi connectivity index (χ3v) is 3.39. The van der Waals surface area contributed by atoms with Crippen LogP contribution in [0.25, 0.3) is 0 Å². The highest BCUT2D eigenvalue weighted by Crippen LogP contribution is 2.22. The van der Waals surface area contributed by atoms with Crippen molar-refractivity contribution in [2.75, 3.05) is 5.32 Å². The van der Waals surface area contributed by atoms with Gasteiger partial charge in [0.2, 0.25) is 5.91 Å². The van der Waals surface area contributed by atoms with Gasteiger partial charge in [0.25, 0.3) is 0 Å². The molecule has 1 amide bonds. The number of anilines is 1. The Morgan fingerprint density at radius 3 is 2.29 bits per heavy atom. The zero-order chi connectivity index (χ0) is 15.4. The standard InChI is InChI=1S/C18H19NO2/c1-12-10-17(19-14(3)20)13(2)9-16(12)18(21)11-15-7-5-4-6-8-15/h4-10H,11H2,1-3H3,(H,19,20). The van der Waals surface area contributed by atoms with E-state index >= 15 is 0 Å². The zero-order valence-electron chi connectivity index (χ0n) is 12.6. The number of rotatable bonds is 4. The molecule has 0 unspecified atom stereocenters. The van der Waals surface area contributed by atoms with Gasteiger partial charge in [-0.15, -0.1) is 0 Å². The van der Waals surface area contributed by atoms with Crippen LogP contribution in [0.2, 0.25) is 0 Å². The van der Waals surface area contributed by atoms with E-state index in [9.17, 15) is 9.59 Å². The largest absolute Gasteiger partial charge is 0.326 e. The van der Waals surface area contributed by atoms with E-state index in [1.807, 2.05) is 56.3 Å². The Morgan fingerprint density at radius 2 is 1.67 bits per heavy atom. The van der Waals surface area contributed by atoms with Crippen LogP contribution in [0.4, 0.5) is 5.69 Å². The first-order valence-corrected chi connectivity index (χ1v) is 6.93.